The molecule has 1 N–H and O–H groups in total. The van der Waals surface area contributed by atoms with Crippen molar-refractivity contribution < 1.29 is 19.4 Å². The van der Waals surface area contributed by atoms with Crippen molar-refractivity contribution >= 4 is 5.97 Å². The first-order valence-electron chi connectivity index (χ1n) is 6.48. The maximum absolute atomic E-state index is 12.1. The highest BCUT2D eigenvalue weighted by molar-refractivity contribution is 5.74. The van der Waals surface area contributed by atoms with Crippen LogP contribution in [0.1, 0.15) is 48.5 Å². The molecule has 0 aromatic rings. The number of aliphatic hydroxyl groups excluding tert-OH is 1. The molecule has 0 bridgehead atoms. The Hall–Kier alpha value is -0.610. The van der Waals surface area contributed by atoms with Crippen molar-refractivity contribution in [3.8, 4) is 0 Å². The van der Waals surface area contributed by atoms with Crippen LogP contribution in [0.5, 0.6) is 0 Å². The fourth-order valence-corrected chi connectivity index (χ4v) is 1.99. The summed E-state index contributed by atoms with van der Waals surface area (Å²) < 4.78 is 11.1. The van der Waals surface area contributed by atoms with Gasteiger partial charge >= 0.3 is 5.97 Å². The highest BCUT2D eigenvalue weighted by Gasteiger charge is 2.47. The van der Waals surface area contributed by atoms with Crippen LogP contribution < -0.4 is 0 Å². The van der Waals surface area contributed by atoms with Gasteiger partial charge in [0.25, 0.3) is 0 Å². The third-order valence-electron chi connectivity index (χ3n) is 3.27. The summed E-state index contributed by atoms with van der Waals surface area (Å²) in [5.74, 6) is -0.986. The molecular formula is C14H26O4. The predicted molar refractivity (Wildman–Crippen MR) is 68.8 cm³/mol. The summed E-state index contributed by atoms with van der Waals surface area (Å²) in [6, 6.07) is 0. The van der Waals surface area contributed by atoms with E-state index in [2.05, 4.69) is 0 Å². The summed E-state index contributed by atoms with van der Waals surface area (Å²) >= 11 is 0. The van der Waals surface area contributed by atoms with E-state index in [1.165, 1.54) is 0 Å². The van der Waals surface area contributed by atoms with Crippen LogP contribution in [0, 0.1) is 16.7 Å². The van der Waals surface area contributed by atoms with Gasteiger partial charge in [0, 0.05) is 5.41 Å². The first-order chi connectivity index (χ1) is 7.94. The van der Waals surface area contributed by atoms with Crippen LogP contribution in [-0.4, -0.2) is 29.6 Å². The molecule has 0 spiro atoms. The molecule has 0 aromatic carbocycles. The summed E-state index contributed by atoms with van der Waals surface area (Å²) in [5, 5.41) is 10.3. The Labute approximate surface area is 110 Å². The van der Waals surface area contributed by atoms with Crippen molar-refractivity contribution in [3.63, 3.8) is 0 Å². The Morgan fingerprint density at radius 2 is 1.67 bits per heavy atom. The van der Waals surface area contributed by atoms with Gasteiger partial charge in [-0.15, -0.1) is 0 Å². The van der Waals surface area contributed by atoms with E-state index in [9.17, 15) is 9.90 Å². The minimum Gasteiger partial charge on any atom is -0.435 e. The topological polar surface area (TPSA) is 55.8 Å². The van der Waals surface area contributed by atoms with E-state index in [-0.39, 0.29) is 22.9 Å². The number of carbonyl (C=O) groups excluding carboxylic acids is 1. The van der Waals surface area contributed by atoms with E-state index in [0.717, 1.165) is 0 Å². The molecule has 0 aromatic heterocycles. The highest BCUT2D eigenvalue weighted by atomic mass is 16.7. The predicted octanol–water partition coefficient (Wildman–Crippen LogP) is 2.34. The zero-order valence-electron chi connectivity index (χ0n) is 12.5. The first-order valence-corrected chi connectivity index (χ1v) is 6.48. The number of carbonyl (C=O) groups is 1. The normalized spacial score (nSPS) is 32.0. The Bertz CT molecular complexity index is 311. The molecule has 4 heteroatoms. The lowest BCUT2D eigenvalue weighted by molar-refractivity contribution is -0.265. The van der Waals surface area contributed by atoms with Crippen molar-refractivity contribution in [2.24, 2.45) is 16.7 Å². The number of esters is 1. The van der Waals surface area contributed by atoms with Crippen LogP contribution in [0.3, 0.4) is 0 Å². The minimum absolute atomic E-state index is 0.262. The summed E-state index contributed by atoms with van der Waals surface area (Å²) in [7, 11) is 0. The molecule has 1 heterocycles. The highest BCUT2D eigenvalue weighted by Crippen LogP contribution is 2.36. The summed E-state index contributed by atoms with van der Waals surface area (Å²) in [4.78, 5) is 12.1. The smallest absolute Gasteiger partial charge is 0.316 e. The quantitative estimate of drug-likeness (QED) is 0.733. The first kappa shape index (κ1) is 15.4. The van der Waals surface area contributed by atoms with Crippen LogP contribution in [0.25, 0.3) is 0 Å². The summed E-state index contributed by atoms with van der Waals surface area (Å²) in [6.07, 6.45) is -1.67. The van der Waals surface area contributed by atoms with E-state index < -0.39 is 18.3 Å². The average molecular weight is 258 g/mol. The standard InChI is InChI=1S/C14H26O4/c1-8-9(10(15)13(2,3)4)11(16)18-12(17-8)14(5,6)7/h8-10,12,15H,1-7H3/t8-,9+,10-,12-/m1/s1. The van der Waals surface area contributed by atoms with Gasteiger partial charge in [0.15, 0.2) is 0 Å². The maximum atomic E-state index is 12.1. The molecule has 0 amide bonds. The van der Waals surface area contributed by atoms with Crippen molar-refractivity contribution in [1.82, 2.24) is 0 Å². The third kappa shape index (κ3) is 3.23. The molecule has 1 fully saturated rings. The third-order valence-corrected chi connectivity index (χ3v) is 3.27. The molecule has 106 valence electrons. The van der Waals surface area contributed by atoms with Gasteiger partial charge in [0.05, 0.1) is 12.2 Å². The molecule has 1 aliphatic rings. The molecule has 4 nitrogen and oxygen atoms in total. The molecule has 0 saturated carbocycles. The van der Waals surface area contributed by atoms with Crippen molar-refractivity contribution in [1.29, 1.82) is 0 Å². The fraction of sp³-hybridized carbons (Fsp3) is 0.929. The number of hydrogen-bond donors (Lipinski definition) is 1. The van der Waals surface area contributed by atoms with Crippen molar-refractivity contribution in [2.75, 3.05) is 0 Å². The largest absolute Gasteiger partial charge is 0.435 e. The van der Waals surface area contributed by atoms with Gasteiger partial charge < -0.3 is 14.6 Å². The Morgan fingerprint density at radius 3 is 2.00 bits per heavy atom. The van der Waals surface area contributed by atoms with Gasteiger partial charge in [-0.2, -0.15) is 0 Å². The van der Waals surface area contributed by atoms with Crippen LogP contribution in [0.4, 0.5) is 0 Å². The van der Waals surface area contributed by atoms with Gasteiger partial charge in [0.2, 0.25) is 6.29 Å². The van der Waals surface area contributed by atoms with E-state index in [1.807, 2.05) is 48.5 Å². The molecule has 4 atom stereocenters. The number of cyclic esters (lactones) is 1. The van der Waals surface area contributed by atoms with Crippen LogP contribution >= 0.6 is 0 Å². The zero-order chi connectivity index (χ0) is 14.3. The van der Waals surface area contributed by atoms with Gasteiger partial charge in [-0.05, 0) is 12.3 Å². The molecule has 0 aliphatic carbocycles. The molecule has 1 saturated heterocycles. The van der Waals surface area contributed by atoms with Crippen molar-refractivity contribution in [3.05, 3.63) is 0 Å². The molecule has 0 unspecified atom stereocenters. The Balaban J connectivity index is 2.86. The number of ether oxygens (including phenoxy) is 2. The Kier molecular flexibility index (Phi) is 4.13. The van der Waals surface area contributed by atoms with Crippen LogP contribution in [0.15, 0.2) is 0 Å². The lowest BCUT2D eigenvalue weighted by Crippen LogP contribution is -2.53. The minimum atomic E-state index is -0.777. The van der Waals surface area contributed by atoms with Crippen LogP contribution in [-0.2, 0) is 14.3 Å². The summed E-state index contributed by atoms with van der Waals surface area (Å²) in [6.45, 7) is 13.4. The summed E-state index contributed by atoms with van der Waals surface area (Å²) in [5.41, 5.74) is -0.641. The molecule has 1 aliphatic heterocycles. The lowest BCUT2D eigenvalue weighted by Gasteiger charge is -2.43. The van der Waals surface area contributed by atoms with Gasteiger partial charge in [-0.25, -0.2) is 0 Å². The maximum Gasteiger partial charge on any atom is 0.316 e. The second kappa shape index (κ2) is 4.82. The Morgan fingerprint density at radius 1 is 1.17 bits per heavy atom. The molecular weight excluding hydrogens is 232 g/mol. The monoisotopic (exact) mass is 258 g/mol. The van der Waals surface area contributed by atoms with E-state index >= 15 is 0 Å². The van der Waals surface area contributed by atoms with Gasteiger partial charge in [-0.1, -0.05) is 41.5 Å². The lowest BCUT2D eigenvalue weighted by atomic mass is 9.78. The molecule has 1 rings (SSSR count). The van der Waals surface area contributed by atoms with Gasteiger partial charge in [-0.3, -0.25) is 4.79 Å². The number of aliphatic hydroxyl groups is 1. The van der Waals surface area contributed by atoms with Gasteiger partial charge in [0.1, 0.15) is 5.92 Å². The van der Waals surface area contributed by atoms with Crippen LogP contribution in [0.2, 0.25) is 0 Å². The van der Waals surface area contributed by atoms with E-state index in [1.54, 1.807) is 0 Å². The number of rotatable bonds is 1. The van der Waals surface area contributed by atoms with E-state index in [4.69, 9.17) is 9.47 Å². The van der Waals surface area contributed by atoms with Crippen molar-refractivity contribution in [2.45, 2.75) is 67.0 Å². The molecule has 0 radical (unpaired) electrons. The second-order valence-electron chi connectivity index (χ2n) is 7.31. The van der Waals surface area contributed by atoms with E-state index in [0.29, 0.717) is 0 Å². The number of hydrogen-bond acceptors (Lipinski definition) is 4. The average Bonchev–Trinajstić information content (AvgIpc) is 2.13. The SMILES string of the molecule is C[C@H]1O[C@@H](C(C)(C)C)OC(=O)[C@@H]1[C@@H](O)C(C)(C)C. The fourth-order valence-electron chi connectivity index (χ4n) is 1.99. The zero-order valence-corrected chi connectivity index (χ0v) is 12.5. The second-order valence-corrected chi connectivity index (χ2v) is 7.31. The molecule has 18 heavy (non-hydrogen) atoms.